The topological polar surface area (TPSA) is 20.3 Å². The molecule has 2 nitrogen and oxygen atoms in total. The molecule has 1 fully saturated rings. The molecule has 1 atom stereocenters. The molecule has 0 radical (unpaired) electrons. The summed E-state index contributed by atoms with van der Waals surface area (Å²) in [6.45, 7) is 0.839. The Morgan fingerprint density at radius 3 is 3.00 bits per heavy atom. The summed E-state index contributed by atoms with van der Waals surface area (Å²) < 4.78 is 0. The molecule has 1 aliphatic rings. The van der Waals surface area contributed by atoms with Gasteiger partial charge in [-0.05, 0) is 42.5 Å². The Balaban J connectivity index is 1.65. The number of rotatable bonds is 4. The van der Waals surface area contributed by atoms with Gasteiger partial charge in [-0.1, -0.05) is 29.3 Å². The van der Waals surface area contributed by atoms with Crippen molar-refractivity contribution in [1.29, 1.82) is 0 Å². The highest BCUT2D eigenvalue weighted by atomic mass is 35.5. The Morgan fingerprint density at radius 1 is 1.36 bits per heavy atom. The first-order chi connectivity index (χ1) is 10.6. The first kappa shape index (κ1) is 16.2. The summed E-state index contributed by atoms with van der Waals surface area (Å²) in [4.78, 5) is 16.7. The van der Waals surface area contributed by atoms with Crippen LogP contribution in [-0.4, -0.2) is 23.1 Å². The Morgan fingerprint density at radius 2 is 2.23 bits per heavy atom. The summed E-state index contributed by atoms with van der Waals surface area (Å²) in [7, 11) is 0. The highest BCUT2D eigenvalue weighted by molar-refractivity contribution is 8.00. The molecular formula is C16H15Cl2NOS2. The molecule has 1 aromatic heterocycles. The van der Waals surface area contributed by atoms with Crippen LogP contribution in [0.4, 0.5) is 0 Å². The number of amides is 1. The van der Waals surface area contributed by atoms with Crippen LogP contribution in [0, 0.1) is 0 Å². The number of carbonyl (C=O) groups is 1. The lowest BCUT2D eigenvalue weighted by Crippen LogP contribution is -2.31. The van der Waals surface area contributed by atoms with Crippen molar-refractivity contribution in [3.8, 4) is 0 Å². The first-order valence-electron chi connectivity index (χ1n) is 7.06. The summed E-state index contributed by atoms with van der Waals surface area (Å²) in [5.74, 6) is 0.555. The van der Waals surface area contributed by atoms with Crippen molar-refractivity contribution in [2.75, 3.05) is 12.3 Å². The molecule has 1 saturated heterocycles. The lowest BCUT2D eigenvalue weighted by Gasteiger charge is -2.23. The zero-order valence-corrected chi connectivity index (χ0v) is 14.9. The van der Waals surface area contributed by atoms with Crippen molar-refractivity contribution in [2.45, 2.75) is 23.8 Å². The fraction of sp³-hybridized carbons (Fsp3) is 0.312. The van der Waals surface area contributed by atoms with E-state index in [0.29, 0.717) is 15.8 Å². The van der Waals surface area contributed by atoms with Crippen LogP contribution in [0.5, 0.6) is 0 Å². The van der Waals surface area contributed by atoms with Gasteiger partial charge in [-0.25, -0.2) is 0 Å². The van der Waals surface area contributed by atoms with Gasteiger partial charge in [0.1, 0.15) is 0 Å². The zero-order chi connectivity index (χ0) is 15.5. The molecule has 2 heterocycles. The lowest BCUT2D eigenvalue weighted by atomic mass is 10.2. The molecule has 2 aromatic rings. The van der Waals surface area contributed by atoms with Crippen molar-refractivity contribution in [2.24, 2.45) is 0 Å². The molecule has 22 heavy (non-hydrogen) atoms. The third kappa shape index (κ3) is 3.62. The van der Waals surface area contributed by atoms with Gasteiger partial charge < -0.3 is 4.90 Å². The minimum Gasteiger partial charge on any atom is -0.334 e. The fourth-order valence-corrected chi connectivity index (χ4v) is 4.90. The van der Waals surface area contributed by atoms with Crippen LogP contribution in [-0.2, 0) is 4.79 Å². The summed E-state index contributed by atoms with van der Waals surface area (Å²) in [6.07, 6.45) is 2.12. The van der Waals surface area contributed by atoms with Gasteiger partial charge in [0.2, 0.25) is 5.91 Å². The predicted molar refractivity (Wildman–Crippen MR) is 95.2 cm³/mol. The van der Waals surface area contributed by atoms with Crippen LogP contribution in [0.3, 0.4) is 0 Å². The van der Waals surface area contributed by atoms with E-state index in [1.807, 2.05) is 17.0 Å². The second-order valence-electron chi connectivity index (χ2n) is 5.12. The normalized spacial score (nSPS) is 17.9. The van der Waals surface area contributed by atoms with Crippen molar-refractivity contribution in [3.05, 3.63) is 50.6 Å². The van der Waals surface area contributed by atoms with Crippen LogP contribution < -0.4 is 0 Å². The van der Waals surface area contributed by atoms with Gasteiger partial charge in [0.25, 0.3) is 0 Å². The van der Waals surface area contributed by atoms with Gasteiger partial charge in [-0.15, -0.1) is 23.1 Å². The SMILES string of the molecule is O=C(CSc1cc(Cl)ccc1Cl)N1CCCC1c1cccs1. The fourth-order valence-electron chi connectivity index (χ4n) is 2.65. The van der Waals surface area contributed by atoms with E-state index in [2.05, 4.69) is 11.4 Å². The quantitative estimate of drug-likeness (QED) is 0.660. The third-order valence-electron chi connectivity index (χ3n) is 3.69. The summed E-state index contributed by atoms with van der Waals surface area (Å²) in [5, 5.41) is 3.34. The van der Waals surface area contributed by atoms with E-state index in [-0.39, 0.29) is 11.9 Å². The average molecular weight is 372 g/mol. The van der Waals surface area contributed by atoms with E-state index in [1.165, 1.54) is 16.6 Å². The molecule has 1 aromatic carbocycles. The van der Waals surface area contributed by atoms with E-state index in [9.17, 15) is 4.79 Å². The molecule has 1 unspecified atom stereocenters. The molecule has 0 bridgehead atoms. The monoisotopic (exact) mass is 371 g/mol. The zero-order valence-electron chi connectivity index (χ0n) is 11.8. The Hall–Kier alpha value is -0.680. The maximum Gasteiger partial charge on any atom is 0.233 e. The van der Waals surface area contributed by atoms with Crippen LogP contribution in [0.15, 0.2) is 40.6 Å². The molecule has 3 rings (SSSR count). The molecule has 1 aliphatic heterocycles. The minimum atomic E-state index is 0.164. The summed E-state index contributed by atoms with van der Waals surface area (Å²) in [6, 6.07) is 9.72. The second-order valence-corrected chi connectivity index (χ2v) is 7.96. The van der Waals surface area contributed by atoms with Gasteiger partial charge in [0.05, 0.1) is 16.8 Å². The number of hydrogen-bond donors (Lipinski definition) is 0. The number of halogens is 2. The van der Waals surface area contributed by atoms with Crippen LogP contribution >= 0.6 is 46.3 Å². The Labute approximate surface area is 148 Å². The average Bonchev–Trinajstić information content (AvgIpc) is 3.17. The van der Waals surface area contributed by atoms with E-state index in [0.717, 1.165) is 24.3 Å². The van der Waals surface area contributed by atoms with Crippen LogP contribution in [0.1, 0.15) is 23.8 Å². The van der Waals surface area contributed by atoms with Crippen molar-refractivity contribution in [1.82, 2.24) is 4.90 Å². The second kappa shape index (κ2) is 7.26. The Bertz CT molecular complexity index is 660. The molecule has 116 valence electrons. The van der Waals surface area contributed by atoms with E-state index >= 15 is 0 Å². The molecule has 6 heteroatoms. The number of thioether (sulfide) groups is 1. The van der Waals surface area contributed by atoms with Crippen molar-refractivity contribution < 1.29 is 4.79 Å². The standard InChI is InChI=1S/C16H15Cl2NOS2/c17-11-5-6-12(18)15(9-11)22-10-16(20)19-7-1-3-13(19)14-4-2-8-21-14/h2,4-6,8-9,13H,1,3,7,10H2. The number of nitrogens with zero attached hydrogens (tertiary/aromatic N) is 1. The van der Waals surface area contributed by atoms with Crippen molar-refractivity contribution in [3.63, 3.8) is 0 Å². The number of carbonyl (C=O) groups excluding carboxylic acids is 1. The summed E-state index contributed by atoms with van der Waals surface area (Å²) >= 11 is 15.3. The van der Waals surface area contributed by atoms with Crippen molar-refractivity contribution >= 4 is 52.2 Å². The summed E-state index contributed by atoms with van der Waals surface area (Å²) in [5.41, 5.74) is 0. The highest BCUT2D eigenvalue weighted by Crippen LogP contribution is 2.36. The van der Waals surface area contributed by atoms with Gasteiger partial charge >= 0.3 is 0 Å². The smallest absolute Gasteiger partial charge is 0.233 e. The predicted octanol–water partition coefficient (Wildman–Crippen LogP) is 5.51. The number of likely N-dealkylation sites (tertiary alicyclic amines) is 1. The van der Waals surface area contributed by atoms with Gasteiger partial charge in [0, 0.05) is 21.3 Å². The largest absolute Gasteiger partial charge is 0.334 e. The van der Waals surface area contributed by atoms with Gasteiger partial charge in [0.15, 0.2) is 0 Å². The third-order valence-corrected chi connectivity index (χ3v) is 6.38. The Kier molecular flexibility index (Phi) is 5.34. The highest BCUT2D eigenvalue weighted by Gasteiger charge is 2.30. The maximum absolute atomic E-state index is 12.6. The lowest BCUT2D eigenvalue weighted by molar-refractivity contribution is -0.129. The van der Waals surface area contributed by atoms with Crippen LogP contribution in [0.2, 0.25) is 10.0 Å². The molecule has 0 aliphatic carbocycles. The van der Waals surface area contributed by atoms with E-state index < -0.39 is 0 Å². The molecule has 0 spiro atoms. The molecule has 1 amide bonds. The molecule has 0 N–H and O–H groups in total. The van der Waals surface area contributed by atoms with E-state index in [4.69, 9.17) is 23.2 Å². The number of benzene rings is 1. The van der Waals surface area contributed by atoms with Gasteiger partial charge in [-0.3, -0.25) is 4.79 Å². The van der Waals surface area contributed by atoms with Gasteiger partial charge in [-0.2, -0.15) is 0 Å². The van der Waals surface area contributed by atoms with E-state index in [1.54, 1.807) is 23.5 Å². The minimum absolute atomic E-state index is 0.164. The van der Waals surface area contributed by atoms with Crippen LogP contribution in [0.25, 0.3) is 0 Å². The number of thiophene rings is 1. The first-order valence-corrected chi connectivity index (χ1v) is 9.68. The molecular weight excluding hydrogens is 357 g/mol. The maximum atomic E-state index is 12.6. The molecule has 0 saturated carbocycles. The number of hydrogen-bond acceptors (Lipinski definition) is 3.